The maximum absolute atomic E-state index is 13.1. The molecule has 0 fully saturated rings. The van der Waals surface area contributed by atoms with Crippen LogP contribution in [0.4, 0.5) is 4.39 Å². The lowest BCUT2D eigenvalue weighted by Gasteiger charge is -2.11. The number of benzene rings is 1. The van der Waals surface area contributed by atoms with E-state index in [1.807, 2.05) is 6.07 Å². The number of halogens is 1. The Hall–Kier alpha value is -1.89. The molecule has 0 aromatic heterocycles. The average molecular weight is 262 g/mol. The van der Waals surface area contributed by atoms with E-state index in [0.29, 0.717) is 18.0 Å². The van der Waals surface area contributed by atoms with Gasteiger partial charge in [-0.05, 0) is 30.0 Å². The van der Waals surface area contributed by atoms with Crippen molar-refractivity contribution in [1.82, 2.24) is 5.32 Å². The summed E-state index contributed by atoms with van der Waals surface area (Å²) in [6, 6.07) is 7.88. The van der Waals surface area contributed by atoms with E-state index in [2.05, 4.69) is 19.2 Å². The minimum atomic E-state index is -0.602. The third-order valence-electron chi connectivity index (χ3n) is 2.84. The average Bonchev–Trinajstić information content (AvgIpc) is 2.35. The molecule has 1 N–H and O–H groups in total. The zero-order valence-corrected chi connectivity index (χ0v) is 11.3. The summed E-state index contributed by atoms with van der Waals surface area (Å²) in [6.45, 7) is 4.77. The van der Waals surface area contributed by atoms with Crippen LogP contribution in [0.25, 0.3) is 0 Å². The fourth-order valence-corrected chi connectivity index (χ4v) is 1.72. The van der Waals surface area contributed by atoms with E-state index in [4.69, 9.17) is 5.26 Å². The molecular weight excluding hydrogens is 243 g/mol. The van der Waals surface area contributed by atoms with Crippen molar-refractivity contribution in [2.75, 3.05) is 6.54 Å². The van der Waals surface area contributed by atoms with Gasteiger partial charge in [0.2, 0.25) is 5.91 Å². The van der Waals surface area contributed by atoms with E-state index in [1.54, 1.807) is 12.1 Å². The molecule has 0 saturated heterocycles. The Labute approximate surface area is 113 Å². The van der Waals surface area contributed by atoms with Crippen LogP contribution in [0.15, 0.2) is 24.3 Å². The Morgan fingerprint density at radius 2 is 2.21 bits per heavy atom. The van der Waals surface area contributed by atoms with E-state index in [9.17, 15) is 9.18 Å². The zero-order chi connectivity index (χ0) is 14.3. The standard InChI is InChI=1S/C15H19FN2O/c1-11(2)6-7-18-15(19)9-13(10-17)12-4-3-5-14(16)8-12/h3-5,8,11,13H,6-7,9H2,1-2H3,(H,18,19). The van der Waals surface area contributed by atoms with Crippen molar-refractivity contribution >= 4 is 5.91 Å². The van der Waals surface area contributed by atoms with Crippen LogP contribution < -0.4 is 5.32 Å². The Kier molecular flexibility index (Phi) is 6.01. The van der Waals surface area contributed by atoms with Crippen molar-refractivity contribution in [2.24, 2.45) is 5.92 Å². The van der Waals surface area contributed by atoms with Gasteiger partial charge in [-0.3, -0.25) is 4.79 Å². The number of hydrogen-bond donors (Lipinski definition) is 1. The van der Waals surface area contributed by atoms with E-state index in [0.717, 1.165) is 6.42 Å². The van der Waals surface area contributed by atoms with Crippen molar-refractivity contribution < 1.29 is 9.18 Å². The predicted molar refractivity (Wildman–Crippen MR) is 71.8 cm³/mol. The fraction of sp³-hybridized carbons (Fsp3) is 0.467. The summed E-state index contributed by atoms with van der Waals surface area (Å²) in [5.74, 6) is -0.639. The summed E-state index contributed by atoms with van der Waals surface area (Å²) in [5, 5.41) is 11.9. The second-order valence-electron chi connectivity index (χ2n) is 4.97. The van der Waals surface area contributed by atoms with Gasteiger partial charge >= 0.3 is 0 Å². The SMILES string of the molecule is CC(C)CCNC(=O)CC(C#N)c1cccc(F)c1. The van der Waals surface area contributed by atoms with Crippen LogP contribution in [0, 0.1) is 23.1 Å². The Morgan fingerprint density at radius 1 is 1.47 bits per heavy atom. The van der Waals surface area contributed by atoms with Crippen LogP contribution >= 0.6 is 0 Å². The molecule has 0 radical (unpaired) electrons. The van der Waals surface area contributed by atoms with Gasteiger partial charge in [-0.15, -0.1) is 0 Å². The summed E-state index contributed by atoms with van der Waals surface area (Å²) in [4.78, 5) is 11.7. The van der Waals surface area contributed by atoms with E-state index in [-0.39, 0.29) is 12.3 Å². The first-order valence-electron chi connectivity index (χ1n) is 6.44. The molecule has 19 heavy (non-hydrogen) atoms. The lowest BCUT2D eigenvalue weighted by Crippen LogP contribution is -2.26. The highest BCUT2D eigenvalue weighted by Crippen LogP contribution is 2.19. The molecule has 1 amide bonds. The molecule has 0 aliphatic carbocycles. The summed E-state index contributed by atoms with van der Waals surface area (Å²) in [5.41, 5.74) is 0.543. The van der Waals surface area contributed by atoms with Crippen molar-refractivity contribution in [3.05, 3.63) is 35.6 Å². The maximum atomic E-state index is 13.1. The molecule has 102 valence electrons. The number of nitriles is 1. The van der Waals surface area contributed by atoms with Gasteiger partial charge in [-0.25, -0.2) is 4.39 Å². The lowest BCUT2D eigenvalue weighted by molar-refractivity contribution is -0.121. The molecule has 3 nitrogen and oxygen atoms in total. The number of hydrogen-bond acceptors (Lipinski definition) is 2. The molecule has 1 rings (SSSR count). The largest absolute Gasteiger partial charge is 0.356 e. The van der Waals surface area contributed by atoms with Gasteiger partial charge in [0.15, 0.2) is 0 Å². The third kappa shape index (κ3) is 5.52. The molecule has 1 atom stereocenters. The molecule has 0 aliphatic rings. The number of carbonyl (C=O) groups excluding carboxylic acids is 1. The predicted octanol–water partition coefficient (Wildman–Crippen LogP) is 2.99. The van der Waals surface area contributed by atoms with Crippen LogP contribution in [-0.4, -0.2) is 12.5 Å². The van der Waals surface area contributed by atoms with Crippen LogP contribution in [-0.2, 0) is 4.79 Å². The Morgan fingerprint density at radius 3 is 2.79 bits per heavy atom. The normalized spacial score (nSPS) is 11.9. The topological polar surface area (TPSA) is 52.9 Å². The number of nitrogens with one attached hydrogen (secondary N) is 1. The van der Waals surface area contributed by atoms with Gasteiger partial charge in [-0.2, -0.15) is 5.26 Å². The third-order valence-corrected chi connectivity index (χ3v) is 2.84. The molecule has 4 heteroatoms. The number of rotatable bonds is 6. The first-order chi connectivity index (χ1) is 9.02. The monoisotopic (exact) mass is 262 g/mol. The summed E-state index contributed by atoms with van der Waals surface area (Å²) >= 11 is 0. The molecule has 0 heterocycles. The van der Waals surface area contributed by atoms with Gasteiger partial charge in [-0.1, -0.05) is 26.0 Å². The number of carbonyl (C=O) groups is 1. The van der Waals surface area contributed by atoms with Crippen LogP contribution in [0.5, 0.6) is 0 Å². The van der Waals surface area contributed by atoms with Crippen LogP contribution in [0.1, 0.15) is 38.2 Å². The van der Waals surface area contributed by atoms with Gasteiger partial charge in [0.05, 0.1) is 12.0 Å². The fourth-order valence-electron chi connectivity index (χ4n) is 1.72. The van der Waals surface area contributed by atoms with E-state index >= 15 is 0 Å². The van der Waals surface area contributed by atoms with Crippen LogP contribution in [0.3, 0.4) is 0 Å². The Balaban J connectivity index is 2.53. The first kappa shape index (κ1) is 15.2. The second kappa shape index (κ2) is 7.52. The molecule has 1 unspecified atom stereocenters. The molecule has 1 aromatic rings. The molecule has 0 spiro atoms. The minimum absolute atomic E-state index is 0.0675. The lowest BCUT2D eigenvalue weighted by atomic mass is 9.97. The molecule has 0 bridgehead atoms. The van der Waals surface area contributed by atoms with Crippen molar-refractivity contribution in [1.29, 1.82) is 5.26 Å². The van der Waals surface area contributed by atoms with Gasteiger partial charge in [0.1, 0.15) is 5.82 Å². The molecule has 0 saturated carbocycles. The van der Waals surface area contributed by atoms with Gasteiger partial charge in [0.25, 0.3) is 0 Å². The van der Waals surface area contributed by atoms with Crippen LogP contribution in [0.2, 0.25) is 0 Å². The quantitative estimate of drug-likeness (QED) is 0.856. The Bertz CT molecular complexity index is 465. The molecular formula is C15H19FN2O. The minimum Gasteiger partial charge on any atom is -0.356 e. The van der Waals surface area contributed by atoms with E-state index < -0.39 is 11.7 Å². The van der Waals surface area contributed by atoms with E-state index in [1.165, 1.54) is 12.1 Å². The highest BCUT2D eigenvalue weighted by atomic mass is 19.1. The smallest absolute Gasteiger partial charge is 0.221 e. The highest BCUT2D eigenvalue weighted by molar-refractivity contribution is 5.77. The maximum Gasteiger partial charge on any atom is 0.221 e. The number of amides is 1. The number of nitrogens with zero attached hydrogens (tertiary/aromatic N) is 1. The summed E-state index contributed by atoms with van der Waals surface area (Å²) in [7, 11) is 0. The highest BCUT2D eigenvalue weighted by Gasteiger charge is 2.15. The first-order valence-corrected chi connectivity index (χ1v) is 6.44. The van der Waals surface area contributed by atoms with Crippen molar-refractivity contribution in [3.8, 4) is 6.07 Å². The van der Waals surface area contributed by atoms with Gasteiger partial charge in [0, 0.05) is 13.0 Å². The molecule has 0 aliphatic heterocycles. The zero-order valence-electron chi connectivity index (χ0n) is 11.3. The van der Waals surface area contributed by atoms with Crippen molar-refractivity contribution in [3.63, 3.8) is 0 Å². The second-order valence-corrected chi connectivity index (χ2v) is 4.97. The van der Waals surface area contributed by atoms with Crippen molar-refractivity contribution in [2.45, 2.75) is 32.6 Å². The summed E-state index contributed by atoms with van der Waals surface area (Å²) in [6.07, 6.45) is 0.973. The van der Waals surface area contributed by atoms with Gasteiger partial charge < -0.3 is 5.32 Å². The molecule has 1 aromatic carbocycles. The summed E-state index contributed by atoms with van der Waals surface area (Å²) < 4.78 is 13.1.